The Balaban J connectivity index is 1.67. The minimum atomic E-state index is -0.552. The van der Waals surface area contributed by atoms with Crippen molar-refractivity contribution in [3.8, 4) is 11.4 Å². The number of hydrogen-bond donors (Lipinski definition) is 1. The van der Waals surface area contributed by atoms with Gasteiger partial charge in [-0.1, -0.05) is 36.4 Å². The summed E-state index contributed by atoms with van der Waals surface area (Å²) in [5, 5.41) is 3.58. The molecule has 0 bridgehead atoms. The highest BCUT2D eigenvalue weighted by Gasteiger charge is 2.22. The molecule has 0 spiro atoms. The highest BCUT2D eigenvalue weighted by molar-refractivity contribution is 5.92. The van der Waals surface area contributed by atoms with Crippen molar-refractivity contribution < 1.29 is 0 Å². The Morgan fingerprint density at radius 2 is 1.42 bits per heavy atom. The molecule has 2 aromatic heterocycles. The summed E-state index contributed by atoms with van der Waals surface area (Å²) in [6.07, 6.45) is 2.02. The molecule has 0 saturated carbocycles. The van der Waals surface area contributed by atoms with E-state index in [4.69, 9.17) is 0 Å². The molecule has 5 aromatic rings. The van der Waals surface area contributed by atoms with E-state index in [1.807, 2.05) is 30.3 Å². The Morgan fingerprint density at radius 1 is 0.763 bits per heavy atom. The quantitative estimate of drug-likeness (QED) is 0.400. The smallest absolute Gasteiger partial charge is 0.341 e. The first-order valence-electron chi connectivity index (χ1n) is 12.6. The standard InChI is InChI=1S/C30H27N5O3/c1-32-17-9-10-20-18-21(15-16-25(20)32)31-24-19-26(36)33(2)28-27(24)29(37)35(23-13-7-4-8-14-23)30(38)34(28)22-11-5-3-6-12-22/h3-8,11-16,18-19,31H,9-10,17H2,1-2H3. The first-order chi connectivity index (χ1) is 18.4. The molecular formula is C30H27N5O3. The summed E-state index contributed by atoms with van der Waals surface area (Å²) in [6, 6.07) is 25.4. The maximum atomic E-state index is 14.1. The third-order valence-electron chi connectivity index (χ3n) is 7.16. The fourth-order valence-corrected chi connectivity index (χ4v) is 5.28. The summed E-state index contributed by atoms with van der Waals surface area (Å²) in [7, 11) is 3.66. The van der Waals surface area contributed by atoms with Crippen molar-refractivity contribution in [1.82, 2.24) is 13.7 Å². The average molecular weight is 506 g/mol. The lowest BCUT2D eigenvalue weighted by Gasteiger charge is -2.28. The number of fused-ring (bicyclic) bond motifs is 2. The van der Waals surface area contributed by atoms with Crippen molar-refractivity contribution in [3.63, 3.8) is 0 Å². The predicted octanol–water partition coefficient (Wildman–Crippen LogP) is 3.97. The fourth-order valence-electron chi connectivity index (χ4n) is 5.28. The van der Waals surface area contributed by atoms with Gasteiger partial charge in [0.25, 0.3) is 11.1 Å². The van der Waals surface area contributed by atoms with Gasteiger partial charge in [0, 0.05) is 38.1 Å². The summed E-state index contributed by atoms with van der Waals surface area (Å²) in [4.78, 5) is 43.4. The van der Waals surface area contributed by atoms with Crippen molar-refractivity contribution in [2.45, 2.75) is 12.8 Å². The first kappa shape index (κ1) is 23.5. The van der Waals surface area contributed by atoms with Crippen molar-refractivity contribution in [3.05, 3.63) is 122 Å². The van der Waals surface area contributed by atoms with E-state index in [1.165, 1.54) is 26.5 Å². The molecule has 6 rings (SSSR count). The van der Waals surface area contributed by atoms with E-state index in [-0.39, 0.29) is 16.6 Å². The largest absolute Gasteiger partial charge is 0.374 e. The lowest BCUT2D eigenvalue weighted by atomic mass is 10.0. The van der Waals surface area contributed by atoms with Crippen molar-refractivity contribution in [2.24, 2.45) is 7.05 Å². The molecule has 0 amide bonds. The molecule has 0 aliphatic carbocycles. The van der Waals surface area contributed by atoms with Crippen LogP contribution >= 0.6 is 0 Å². The number of benzene rings is 3. The van der Waals surface area contributed by atoms with E-state index in [1.54, 1.807) is 43.4 Å². The average Bonchev–Trinajstić information content (AvgIpc) is 2.92. The van der Waals surface area contributed by atoms with Gasteiger partial charge >= 0.3 is 5.69 Å². The number of aromatic nitrogens is 3. The Kier molecular flexibility index (Phi) is 5.72. The maximum Gasteiger partial charge on any atom is 0.341 e. The molecule has 190 valence electrons. The zero-order chi connectivity index (χ0) is 26.4. The van der Waals surface area contributed by atoms with Gasteiger partial charge in [0.05, 0.1) is 17.1 Å². The minimum absolute atomic E-state index is 0.228. The van der Waals surface area contributed by atoms with E-state index in [9.17, 15) is 14.4 Å². The number of hydrogen-bond acceptors (Lipinski definition) is 5. The van der Waals surface area contributed by atoms with Gasteiger partial charge in [-0.3, -0.25) is 14.2 Å². The lowest BCUT2D eigenvalue weighted by Crippen LogP contribution is -2.40. The first-order valence-corrected chi connectivity index (χ1v) is 12.6. The Morgan fingerprint density at radius 3 is 2.11 bits per heavy atom. The molecule has 0 atom stereocenters. The van der Waals surface area contributed by atoms with E-state index in [0.717, 1.165) is 29.6 Å². The SMILES string of the molecule is CN1CCCc2cc(Nc3cc(=O)n(C)c4c3c(=O)n(-c3ccccc3)c(=O)n4-c3ccccc3)ccc21. The molecule has 1 N–H and O–H groups in total. The summed E-state index contributed by atoms with van der Waals surface area (Å²) in [5.41, 5.74) is 3.36. The third-order valence-corrected chi connectivity index (χ3v) is 7.16. The Bertz CT molecular complexity index is 1850. The molecule has 8 nitrogen and oxygen atoms in total. The summed E-state index contributed by atoms with van der Waals surface area (Å²) in [6.45, 7) is 1.01. The molecule has 1 aliphatic rings. The third kappa shape index (κ3) is 3.82. The zero-order valence-electron chi connectivity index (χ0n) is 21.2. The van der Waals surface area contributed by atoms with Gasteiger partial charge in [0.15, 0.2) is 0 Å². The van der Waals surface area contributed by atoms with Crippen LogP contribution in [0.2, 0.25) is 0 Å². The van der Waals surface area contributed by atoms with Crippen LogP contribution in [0.4, 0.5) is 17.1 Å². The van der Waals surface area contributed by atoms with Gasteiger partial charge in [0.2, 0.25) is 0 Å². The van der Waals surface area contributed by atoms with Gasteiger partial charge < -0.3 is 10.2 Å². The van der Waals surface area contributed by atoms with E-state index < -0.39 is 11.2 Å². The van der Waals surface area contributed by atoms with Crippen LogP contribution in [-0.4, -0.2) is 27.3 Å². The minimum Gasteiger partial charge on any atom is -0.374 e. The number of para-hydroxylation sites is 2. The Hall–Kier alpha value is -4.85. The highest BCUT2D eigenvalue weighted by atomic mass is 16.2. The summed E-state index contributed by atoms with van der Waals surface area (Å²) < 4.78 is 3.94. The Labute approximate surface area is 218 Å². The summed E-state index contributed by atoms with van der Waals surface area (Å²) in [5.74, 6) is 0. The molecule has 0 fully saturated rings. The van der Waals surface area contributed by atoms with Gasteiger partial charge in [-0.2, -0.15) is 0 Å². The summed E-state index contributed by atoms with van der Waals surface area (Å²) >= 11 is 0. The number of anilines is 3. The van der Waals surface area contributed by atoms with Crippen LogP contribution in [0.1, 0.15) is 12.0 Å². The molecule has 0 saturated heterocycles. The molecule has 1 aliphatic heterocycles. The topological polar surface area (TPSA) is 81.3 Å². The van der Waals surface area contributed by atoms with Crippen molar-refractivity contribution in [2.75, 3.05) is 23.8 Å². The number of pyridine rings is 1. The van der Waals surface area contributed by atoms with E-state index in [2.05, 4.69) is 29.4 Å². The van der Waals surface area contributed by atoms with Crippen LogP contribution in [0, 0.1) is 0 Å². The molecular weight excluding hydrogens is 478 g/mol. The molecule has 38 heavy (non-hydrogen) atoms. The van der Waals surface area contributed by atoms with Gasteiger partial charge in [-0.05, 0) is 60.9 Å². The van der Waals surface area contributed by atoms with E-state index >= 15 is 0 Å². The van der Waals surface area contributed by atoms with Crippen LogP contribution in [0.5, 0.6) is 0 Å². The number of nitrogens with one attached hydrogen (secondary N) is 1. The second-order valence-corrected chi connectivity index (χ2v) is 9.58. The predicted molar refractivity (Wildman–Crippen MR) is 152 cm³/mol. The van der Waals surface area contributed by atoms with Crippen LogP contribution < -0.4 is 27.0 Å². The molecule has 3 aromatic carbocycles. The van der Waals surface area contributed by atoms with E-state index in [0.29, 0.717) is 17.1 Å². The highest BCUT2D eigenvalue weighted by Crippen LogP contribution is 2.31. The number of rotatable bonds is 4. The van der Waals surface area contributed by atoms with Crippen LogP contribution in [0.15, 0.2) is 99.3 Å². The molecule has 0 unspecified atom stereocenters. The molecule has 8 heteroatoms. The fraction of sp³-hybridized carbons (Fsp3) is 0.167. The van der Waals surface area contributed by atoms with Crippen molar-refractivity contribution >= 4 is 28.1 Å². The molecule has 3 heterocycles. The molecule has 0 radical (unpaired) electrons. The lowest BCUT2D eigenvalue weighted by molar-refractivity contribution is 0.745. The van der Waals surface area contributed by atoms with Gasteiger partial charge in [-0.15, -0.1) is 0 Å². The zero-order valence-corrected chi connectivity index (χ0v) is 21.2. The van der Waals surface area contributed by atoms with Crippen LogP contribution in [0.3, 0.4) is 0 Å². The van der Waals surface area contributed by atoms with Crippen LogP contribution in [-0.2, 0) is 13.5 Å². The number of nitrogens with zero attached hydrogens (tertiary/aromatic N) is 4. The van der Waals surface area contributed by atoms with Gasteiger partial charge in [-0.25, -0.2) is 13.9 Å². The second kappa shape index (κ2) is 9.23. The monoisotopic (exact) mass is 505 g/mol. The van der Waals surface area contributed by atoms with Crippen molar-refractivity contribution in [1.29, 1.82) is 0 Å². The normalized spacial score (nSPS) is 12.9. The van der Waals surface area contributed by atoms with Gasteiger partial charge in [0.1, 0.15) is 11.0 Å². The number of aryl methyl sites for hydroxylation is 2. The second-order valence-electron chi connectivity index (χ2n) is 9.58. The van der Waals surface area contributed by atoms with Crippen LogP contribution in [0.25, 0.3) is 22.4 Å². The maximum absolute atomic E-state index is 14.1.